The number of hydrogen-bond acceptors (Lipinski definition) is 2. The summed E-state index contributed by atoms with van der Waals surface area (Å²) in [6.45, 7) is 0. The molecule has 4 rings (SSSR count). The van der Waals surface area contributed by atoms with Gasteiger partial charge in [0.2, 0.25) is 0 Å². The van der Waals surface area contributed by atoms with E-state index in [1.807, 2.05) is 24.3 Å². The van der Waals surface area contributed by atoms with Crippen molar-refractivity contribution in [3.05, 3.63) is 83.7 Å². The Kier molecular flexibility index (Phi) is 3.05. The van der Waals surface area contributed by atoms with Crippen molar-refractivity contribution in [3.8, 4) is 0 Å². The van der Waals surface area contributed by atoms with E-state index in [-0.39, 0.29) is 11.7 Å². The lowest BCUT2D eigenvalue weighted by atomic mass is 9.95. The first-order valence-electron chi connectivity index (χ1n) is 7.15. The molecule has 0 radical (unpaired) electrons. The highest BCUT2D eigenvalue weighted by atomic mass is 19.1. The van der Waals surface area contributed by atoms with Crippen molar-refractivity contribution < 1.29 is 9.18 Å². The molecule has 5 heteroatoms. The van der Waals surface area contributed by atoms with Gasteiger partial charge in [-0.15, -0.1) is 0 Å². The van der Waals surface area contributed by atoms with Gasteiger partial charge in [0.1, 0.15) is 11.6 Å². The van der Waals surface area contributed by atoms with Gasteiger partial charge in [0.05, 0.1) is 5.57 Å². The maximum absolute atomic E-state index is 13.7. The minimum Gasteiger partial charge on any atom is -0.345 e. The Balaban J connectivity index is 2.05. The summed E-state index contributed by atoms with van der Waals surface area (Å²) in [5.74, 6) is -0.0573. The molecule has 4 nitrogen and oxygen atoms in total. The minimum absolute atomic E-state index is 0.220. The van der Waals surface area contributed by atoms with E-state index in [2.05, 4.69) is 15.3 Å². The number of aromatic amines is 1. The van der Waals surface area contributed by atoms with Crippen LogP contribution in [0.4, 0.5) is 10.1 Å². The van der Waals surface area contributed by atoms with Crippen LogP contribution in [0.15, 0.2) is 60.9 Å². The van der Waals surface area contributed by atoms with Crippen LogP contribution in [0.1, 0.15) is 17.0 Å². The standard InChI is InChI=1S/C18H12FN3O/c19-12-5-3-4-11(10-12)15(17-20-8-9-21-17)16-13-6-1-2-7-14(13)22-18(16)23/h1-10H,(H,20,21)(H,22,23). The van der Waals surface area contributed by atoms with Crippen LogP contribution in [-0.4, -0.2) is 15.9 Å². The van der Waals surface area contributed by atoms with E-state index in [9.17, 15) is 9.18 Å². The summed E-state index contributed by atoms with van der Waals surface area (Å²) >= 11 is 0. The number of para-hydroxylation sites is 1. The quantitative estimate of drug-likeness (QED) is 0.712. The number of rotatable bonds is 2. The SMILES string of the molecule is O=C1Nc2ccccc2C1=C(c1cccc(F)c1)c1ncc[nH]1. The summed E-state index contributed by atoms with van der Waals surface area (Å²) in [4.78, 5) is 19.8. The van der Waals surface area contributed by atoms with Crippen LogP contribution < -0.4 is 5.32 Å². The first kappa shape index (κ1) is 13.5. The van der Waals surface area contributed by atoms with Crippen molar-refractivity contribution in [1.29, 1.82) is 0 Å². The zero-order valence-electron chi connectivity index (χ0n) is 12.0. The average Bonchev–Trinajstić information content (AvgIpc) is 3.17. The number of hydrogen-bond donors (Lipinski definition) is 2. The fourth-order valence-electron chi connectivity index (χ4n) is 2.81. The Morgan fingerprint density at radius 3 is 2.74 bits per heavy atom. The number of benzene rings is 2. The molecule has 1 aromatic heterocycles. The van der Waals surface area contributed by atoms with Crippen LogP contribution in [0.2, 0.25) is 0 Å². The Morgan fingerprint density at radius 2 is 1.96 bits per heavy atom. The molecule has 0 aliphatic carbocycles. The summed E-state index contributed by atoms with van der Waals surface area (Å²) in [5.41, 5.74) is 3.20. The van der Waals surface area contributed by atoms with E-state index < -0.39 is 0 Å². The summed E-state index contributed by atoms with van der Waals surface area (Å²) < 4.78 is 13.7. The number of nitrogens with one attached hydrogen (secondary N) is 2. The van der Waals surface area contributed by atoms with Gasteiger partial charge in [-0.05, 0) is 23.8 Å². The number of carbonyl (C=O) groups excluding carboxylic acids is 1. The second-order valence-electron chi connectivity index (χ2n) is 5.20. The van der Waals surface area contributed by atoms with Crippen LogP contribution in [0.25, 0.3) is 11.1 Å². The van der Waals surface area contributed by atoms with E-state index in [1.54, 1.807) is 24.5 Å². The predicted molar refractivity (Wildman–Crippen MR) is 86.0 cm³/mol. The minimum atomic E-state index is -0.362. The van der Waals surface area contributed by atoms with Gasteiger partial charge in [-0.25, -0.2) is 9.37 Å². The highest BCUT2D eigenvalue weighted by molar-refractivity contribution is 6.37. The summed E-state index contributed by atoms with van der Waals surface area (Å²) in [6, 6.07) is 13.6. The summed E-state index contributed by atoms with van der Waals surface area (Å²) in [6.07, 6.45) is 3.28. The summed E-state index contributed by atoms with van der Waals surface area (Å²) in [7, 11) is 0. The van der Waals surface area contributed by atoms with Crippen LogP contribution in [-0.2, 0) is 4.79 Å². The molecule has 3 aromatic rings. The Hall–Kier alpha value is -3.21. The fraction of sp³-hybridized carbons (Fsp3) is 0. The molecule has 1 aliphatic rings. The highest BCUT2D eigenvalue weighted by Gasteiger charge is 2.29. The third-order valence-corrected chi connectivity index (χ3v) is 3.77. The molecule has 23 heavy (non-hydrogen) atoms. The van der Waals surface area contributed by atoms with E-state index in [0.29, 0.717) is 22.5 Å². The molecule has 1 aliphatic heterocycles. The highest BCUT2D eigenvalue weighted by Crippen LogP contribution is 2.38. The first-order valence-corrected chi connectivity index (χ1v) is 7.15. The molecule has 2 aromatic carbocycles. The predicted octanol–water partition coefficient (Wildman–Crippen LogP) is 3.46. The number of imidazole rings is 1. The lowest BCUT2D eigenvalue weighted by molar-refractivity contribution is -0.110. The third-order valence-electron chi connectivity index (χ3n) is 3.77. The Labute approximate surface area is 131 Å². The van der Waals surface area contributed by atoms with Crippen LogP contribution in [0.5, 0.6) is 0 Å². The maximum Gasteiger partial charge on any atom is 0.257 e. The average molecular weight is 305 g/mol. The molecule has 0 bridgehead atoms. The van der Waals surface area contributed by atoms with Gasteiger partial charge < -0.3 is 10.3 Å². The molecule has 2 N–H and O–H groups in total. The zero-order chi connectivity index (χ0) is 15.8. The molecule has 1 amide bonds. The van der Waals surface area contributed by atoms with Crippen molar-refractivity contribution in [2.75, 3.05) is 5.32 Å². The van der Waals surface area contributed by atoms with Crippen molar-refractivity contribution in [2.24, 2.45) is 0 Å². The van der Waals surface area contributed by atoms with Crippen molar-refractivity contribution in [3.63, 3.8) is 0 Å². The molecule has 0 unspecified atom stereocenters. The van der Waals surface area contributed by atoms with Gasteiger partial charge in [-0.1, -0.05) is 30.3 Å². The first-order chi connectivity index (χ1) is 11.2. The lowest BCUT2D eigenvalue weighted by Crippen LogP contribution is -2.07. The van der Waals surface area contributed by atoms with Crippen LogP contribution in [0, 0.1) is 5.82 Å². The van der Waals surface area contributed by atoms with E-state index >= 15 is 0 Å². The maximum atomic E-state index is 13.7. The number of aromatic nitrogens is 2. The number of halogens is 1. The van der Waals surface area contributed by atoms with E-state index in [4.69, 9.17) is 0 Å². The van der Waals surface area contributed by atoms with Gasteiger partial charge in [-0.3, -0.25) is 4.79 Å². The zero-order valence-corrected chi connectivity index (χ0v) is 12.0. The molecular weight excluding hydrogens is 293 g/mol. The molecule has 2 heterocycles. The normalized spacial score (nSPS) is 15.3. The molecule has 0 saturated carbocycles. The lowest BCUT2D eigenvalue weighted by Gasteiger charge is -2.09. The number of carbonyl (C=O) groups is 1. The van der Waals surface area contributed by atoms with E-state index in [0.717, 1.165) is 11.3 Å². The van der Waals surface area contributed by atoms with Gasteiger partial charge in [0.25, 0.3) is 5.91 Å². The van der Waals surface area contributed by atoms with E-state index in [1.165, 1.54) is 12.1 Å². The number of amides is 1. The largest absolute Gasteiger partial charge is 0.345 e. The molecule has 0 saturated heterocycles. The molecule has 0 spiro atoms. The van der Waals surface area contributed by atoms with Crippen LogP contribution in [0.3, 0.4) is 0 Å². The second kappa shape index (κ2) is 5.21. The van der Waals surface area contributed by atoms with Crippen molar-refractivity contribution in [2.45, 2.75) is 0 Å². The molecule has 0 fully saturated rings. The van der Waals surface area contributed by atoms with Crippen molar-refractivity contribution >= 4 is 22.7 Å². The number of fused-ring (bicyclic) bond motifs is 1. The van der Waals surface area contributed by atoms with Gasteiger partial charge in [0, 0.05) is 29.2 Å². The fourth-order valence-corrected chi connectivity index (χ4v) is 2.81. The Bertz CT molecular complexity index is 929. The molecule has 112 valence electrons. The Morgan fingerprint density at radius 1 is 1.09 bits per heavy atom. The third kappa shape index (κ3) is 2.23. The molecule has 0 atom stereocenters. The smallest absolute Gasteiger partial charge is 0.257 e. The monoisotopic (exact) mass is 305 g/mol. The second-order valence-corrected chi connectivity index (χ2v) is 5.20. The number of nitrogens with zero attached hydrogens (tertiary/aromatic N) is 1. The number of anilines is 1. The number of H-pyrrole nitrogens is 1. The summed E-state index contributed by atoms with van der Waals surface area (Å²) in [5, 5.41) is 2.84. The van der Waals surface area contributed by atoms with Gasteiger partial charge in [0.15, 0.2) is 0 Å². The topological polar surface area (TPSA) is 57.8 Å². The van der Waals surface area contributed by atoms with Gasteiger partial charge >= 0.3 is 0 Å². The van der Waals surface area contributed by atoms with Gasteiger partial charge in [-0.2, -0.15) is 0 Å². The molecular formula is C18H12FN3O. The van der Waals surface area contributed by atoms with Crippen LogP contribution >= 0.6 is 0 Å². The van der Waals surface area contributed by atoms with Crippen molar-refractivity contribution in [1.82, 2.24) is 9.97 Å².